The van der Waals surface area contributed by atoms with Gasteiger partial charge in [0.1, 0.15) is 5.82 Å². The first-order valence-corrected chi connectivity index (χ1v) is 5.49. The van der Waals surface area contributed by atoms with Crippen LogP contribution in [0.25, 0.3) is 0 Å². The molecule has 1 fully saturated rings. The zero-order valence-electron chi connectivity index (χ0n) is 8.66. The summed E-state index contributed by atoms with van der Waals surface area (Å²) in [5.41, 5.74) is 5.86. The van der Waals surface area contributed by atoms with E-state index in [0.29, 0.717) is 5.92 Å². The molecule has 0 aromatic carbocycles. The third kappa shape index (κ3) is 1.80. The summed E-state index contributed by atoms with van der Waals surface area (Å²) in [7, 11) is 0. The summed E-state index contributed by atoms with van der Waals surface area (Å²) >= 11 is 0. The van der Waals surface area contributed by atoms with Crippen molar-refractivity contribution in [3.63, 3.8) is 0 Å². The van der Waals surface area contributed by atoms with E-state index in [9.17, 15) is 0 Å². The summed E-state index contributed by atoms with van der Waals surface area (Å²) in [4.78, 5) is 4.47. The van der Waals surface area contributed by atoms with Gasteiger partial charge in [-0.3, -0.25) is 5.10 Å². The van der Waals surface area contributed by atoms with Gasteiger partial charge in [0.2, 0.25) is 0 Å². The number of hydrogen-bond donors (Lipinski definition) is 2. The van der Waals surface area contributed by atoms with Crippen LogP contribution in [0.4, 0.5) is 0 Å². The zero-order chi connectivity index (χ0) is 9.97. The van der Waals surface area contributed by atoms with Crippen molar-refractivity contribution in [1.29, 1.82) is 0 Å². The quantitative estimate of drug-likeness (QED) is 0.771. The second kappa shape index (κ2) is 4.09. The molecule has 1 saturated carbocycles. The molecule has 1 heterocycles. The number of nitrogens with zero attached hydrogens (tertiary/aromatic N) is 2. The first kappa shape index (κ1) is 9.65. The molecular weight excluding hydrogens is 176 g/mol. The van der Waals surface area contributed by atoms with Crippen molar-refractivity contribution in [3.8, 4) is 0 Å². The number of hydrogen-bond acceptors (Lipinski definition) is 3. The fourth-order valence-corrected chi connectivity index (χ4v) is 2.02. The molecule has 0 unspecified atom stereocenters. The van der Waals surface area contributed by atoms with Gasteiger partial charge in [0.15, 0.2) is 5.82 Å². The molecule has 0 bridgehead atoms. The largest absolute Gasteiger partial charge is 0.321 e. The monoisotopic (exact) mass is 194 g/mol. The van der Waals surface area contributed by atoms with Gasteiger partial charge in [-0.05, 0) is 19.3 Å². The molecule has 3 N–H and O–H groups in total. The summed E-state index contributed by atoms with van der Waals surface area (Å²) in [6.07, 6.45) is 6.02. The Hall–Kier alpha value is -0.900. The first-order chi connectivity index (χ1) is 6.81. The normalized spacial score (nSPS) is 20.1. The molecule has 1 aliphatic rings. The van der Waals surface area contributed by atoms with Crippen LogP contribution in [0.2, 0.25) is 0 Å². The molecule has 0 spiro atoms. The van der Waals surface area contributed by atoms with Gasteiger partial charge in [-0.1, -0.05) is 19.8 Å². The number of rotatable bonds is 3. The number of aromatic nitrogens is 3. The highest BCUT2D eigenvalue weighted by Crippen LogP contribution is 2.32. The van der Waals surface area contributed by atoms with Crippen molar-refractivity contribution in [3.05, 3.63) is 11.6 Å². The maximum absolute atomic E-state index is 5.86. The molecule has 1 aliphatic carbocycles. The fourth-order valence-electron chi connectivity index (χ4n) is 2.02. The average molecular weight is 194 g/mol. The lowest BCUT2D eigenvalue weighted by Crippen LogP contribution is -2.10. The number of H-pyrrole nitrogens is 1. The molecule has 4 heteroatoms. The Kier molecular flexibility index (Phi) is 2.82. The van der Waals surface area contributed by atoms with Crippen molar-refractivity contribution in [2.75, 3.05) is 0 Å². The molecule has 2 rings (SSSR count). The summed E-state index contributed by atoms with van der Waals surface area (Å²) in [6.45, 7) is 2.05. The predicted octanol–water partition coefficient (Wildman–Crippen LogP) is 1.87. The van der Waals surface area contributed by atoms with Gasteiger partial charge in [-0.2, -0.15) is 5.10 Å². The molecule has 14 heavy (non-hydrogen) atoms. The lowest BCUT2D eigenvalue weighted by atomic mass is 10.1. The van der Waals surface area contributed by atoms with Crippen molar-refractivity contribution >= 4 is 0 Å². The van der Waals surface area contributed by atoms with E-state index in [1.807, 2.05) is 0 Å². The molecule has 1 atom stereocenters. The van der Waals surface area contributed by atoms with Crippen LogP contribution < -0.4 is 5.73 Å². The molecule has 1 aromatic heterocycles. The van der Waals surface area contributed by atoms with Crippen LogP contribution in [0.5, 0.6) is 0 Å². The van der Waals surface area contributed by atoms with Gasteiger partial charge in [-0.25, -0.2) is 4.98 Å². The van der Waals surface area contributed by atoms with Crippen LogP contribution in [-0.2, 0) is 0 Å². The molecule has 0 saturated heterocycles. The number of aromatic amines is 1. The van der Waals surface area contributed by atoms with E-state index in [-0.39, 0.29) is 6.04 Å². The Morgan fingerprint density at radius 2 is 2.21 bits per heavy atom. The Morgan fingerprint density at radius 1 is 1.50 bits per heavy atom. The van der Waals surface area contributed by atoms with Gasteiger partial charge in [0.05, 0.1) is 6.04 Å². The van der Waals surface area contributed by atoms with E-state index < -0.39 is 0 Å². The van der Waals surface area contributed by atoms with E-state index in [2.05, 4.69) is 22.1 Å². The van der Waals surface area contributed by atoms with Gasteiger partial charge in [0, 0.05) is 5.92 Å². The van der Waals surface area contributed by atoms with E-state index in [4.69, 9.17) is 5.73 Å². The van der Waals surface area contributed by atoms with Crippen molar-refractivity contribution < 1.29 is 0 Å². The molecule has 1 aromatic rings. The maximum Gasteiger partial charge on any atom is 0.167 e. The highest BCUT2D eigenvalue weighted by atomic mass is 15.2. The van der Waals surface area contributed by atoms with E-state index in [1.54, 1.807) is 0 Å². The van der Waals surface area contributed by atoms with Crippen LogP contribution in [0.15, 0.2) is 0 Å². The van der Waals surface area contributed by atoms with Crippen LogP contribution in [0.3, 0.4) is 0 Å². The van der Waals surface area contributed by atoms with Gasteiger partial charge < -0.3 is 5.73 Å². The minimum atomic E-state index is -0.0126. The topological polar surface area (TPSA) is 67.6 Å². The number of nitrogens with two attached hydrogens (primary N) is 1. The Morgan fingerprint density at radius 3 is 2.86 bits per heavy atom. The Bertz CT molecular complexity index is 288. The SMILES string of the molecule is CC[C@H](N)c1n[nH]c(C2CCCC2)n1. The Balaban J connectivity index is 2.08. The molecule has 0 radical (unpaired) electrons. The predicted molar refractivity (Wildman–Crippen MR) is 54.8 cm³/mol. The highest BCUT2D eigenvalue weighted by molar-refractivity contribution is 5.02. The second-order valence-corrected chi connectivity index (χ2v) is 4.07. The van der Waals surface area contributed by atoms with Crippen molar-refractivity contribution in [2.45, 2.75) is 51.0 Å². The van der Waals surface area contributed by atoms with Crippen molar-refractivity contribution in [1.82, 2.24) is 15.2 Å². The minimum Gasteiger partial charge on any atom is -0.321 e. The lowest BCUT2D eigenvalue weighted by molar-refractivity contribution is 0.646. The smallest absolute Gasteiger partial charge is 0.167 e. The standard InChI is InChI=1S/C10H18N4/c1-2-8(11)10-12-9(13-14-10)7-5-3-4-6-7/h7-8H,2-6,11H2,1H3,(H,12,13,14)/t8-/m0/s1. The van der Waals surface area contributed by atoms with Crippen LogP contribution in [0, 0.1) is 0 Å². The maximum atomic E-state index is 5.86. The van der Waals surface area contributed by atoms with Gasteiger partial charge in [0.25, 0.3) is 0 Å². The molecule has 4 nitrogen and oxygen atoms in total. The fraction of sp³-hybridized carbons (Fsp3) is 0.800. The molecular formula is C10H18N4. The zero-order valence-corrected chi connectivity index (χ0v) is 8.66. The van der Waals surface area contributed by atoms with Crippen LogP contribution in [0.1, 0.15) is 62.6 Å². The summed E-state index contributed by atoms with van der Waals surface area (Å²) in [5.74, 6) is 2.41. The Labute approximate surface area is 84.3 Å². The average Bonchev–Trinajstić information content (AvgIpc) is 2.86. The molecule has 0 aliphatic heterocycles. The summed E-state index contributed by atoms with van der Waals surface area (Å²) in [6, 6.07) is -0.0126. The molecule has 0 amide bonds. The van der Waals surface area contributed by atoms with E-state index in [1.165, 1.54) is 25.7 Å². The lowest BCUT2D eigenvalue weighted by Gasteiger charge is -2.03. The van der Waals surface area contributed by atoms with Gasteiger partial charge in [-0.15, -0.1) is 0 Å². The summed E-state index contributed by atoms with van der Waals surface area (Å²) < 4.78 is 0. The third-order valence-corrected chi connectivity index (χ3v) is 3.03. The van der Waals surface area contributed by atoms with Gasteiger partial charge >= 0.3 is 0 Å². The van der Waals surface area contributed by atoms with E-state index in [0.717, 1.165) is 18.1 Å². The van der Waals surface area contributed by atoms with Crippen LogP contribution in [-0.4, -0.2) is 15.2 Å². The summed E-state index contributed by atoms with van der Waals surface area (Å²) in [5, 5.41) is 7.19. The highest BCUT2D eigenvalue weighted by Gasteiger charge is 2.21. The second-order valence-electron chi connectivity index (χ2n) is 4.07. The van der Waals surface area contributed by atoms with E-state index >= 15 is 0 Å². The van der Waals surface area contributed by atoms with Crippen molar-refractivity contribution in [2.24, 2.45) is 5.73 Å². The number of nitrogens with one attached hydrogen (secondary N) is 1. The molecule has 78 valence electrons. The third-order valence-electron chi connectivity index (χ3n) is 3.03. The first-order valence-electron chi connectivity index (χ1n) is 5.49. The van der Waals surface area contributed by atoms with Crippen LogP contribution >= 0.6 is 0 Å². The minimum absolute atomic E-state index is 0.0126.